The lowest BCUT2D eigenvalue weighted by molar-refractivity contribution is 0.755. The summed E-state index contributed by atoms with van der Waals surface area (Å²) in [5.74, 6) is 0.548. The summed E-state index contributed by atoms with van der Waals surface area (Å²) in [6, 6.07) is 3.80. The van der Waals surface area contributed by atoms with Crippen molar-refractivity contribution in [1.29, 1.82) is 0 Å². The van der Waals surface area contributed by atoms with Gasteiger partial charge < -0.3 is 0 Å². The Morgan fingerprint density at radius 2 is 2.00 bits per heavy atom. The van der Waals surface area contributed by atoms with E-state index in [2.05, 4.69) is 22.0 Å². The van der Waals surface area contributed by atoms with Crippen LogP contribution in [0.2, 0.25) is 5.15 Å². The summed E-state index contributed by atoms with van der Waals surface area (Å²) in [5.41, 5.74) is 2.91. The molecule has 0 radical (unpaired) electrons. The fraction of sp³-hybridized carbons (Fsp3) is 0.417. The highest BCUT2D eigenvalue weighted by molar-refractivity contribution is 6.29. The number of hydrogen-bond acceptors (Lipinski definition) is 3. The van der Waals surface area contributed by atoms with Crippen LogP contribution in [0.15, 0.2) is 12.1 Å². The SMILES string of the molecule is CCCc1cc(Cl)nc(-n2nc(C)cc2C)n1. The molecule has 90 valence electrons. The molecule has 2 aromatic heterocycles. The Labute approximate surface area is 106 Å². The average Bonchev–Trinajstić information content (AvgIpc) is 2.57. The van der Waals surface area contributed by atoms with Crippen molar-refractivity contribution in [2.45, 2.75) is 33.6 Å². The lowest BCUT2D eigenvalue weighted by Gasteiger charge is -2.05. The largest absolute Gasteiger partial charge is 0.252 e. The lowest BCUT2D eigenvalue weighted by atomic mass is 10.2. The maximum Gasteiger partial charge on any atom is 0.252 e. The molecule has 17 heavy (non-hydrogen) atoms. The second-order valence-electron chi connectivity index (χ2n) is 4.07. The van der Waals surface area contributed by atoms with Crippen LogP contribution >= 0.6 is 11.6 Å². The van der Waals surface area contributed by atoms with Crippen molar-refractivity contribution < 1.29 is 0 Å². The molecule has 0 atom stereocenters. The summed E-state index contributed by atoms with van der Waals surface area (Å²) in [7, 11) is 0. The van der Waals surface area contributed by atoms with Crippen LogP contribution in [-0.2, 0) is 6.42 Å². The van der Waals surface area contributed by atoms with Gasteiger partial charge in [0.15, 0.2) is 0 Å². The first-order chi connectivity index (χ1) is 8.10. The van der Waals surface area contributed by atoms with Gasteiger partial charge in [-0.1, -0.05) is 24.9 Å². The van der Waals surface area contributed by atoms with E-state index in [0.717, 1.165) is 29.9 Å². The van der Waals surface area contributed by atoms with Gasteiger partial charge in [-0.2, -0.15) is 10.1 Å². The van der Waals surface area contributed by atoms with Gasteiger partial charge >= 0.3 is 0 Å². The molecule has 0 saturated heterocycles. The molecule has 0 aliphatic rings. The van der Waals surface area contributed by atoms with Crippen LogP contribution in [0.25, 0.3) is 5.95 Å². The summed E-state index contributed by atoms with van der Waals surface area (Å²) in [4.78, 5) is 8.69. The van der Waals surface area contributed by atoms with Crippen LogP contribution in [0.4, 0.5) is 0 Å². The van der Waals surface area contributed by atoms with E-state index in [1.54, 1.807) is 10.7 Å². The third-order valence-corrected chi connectivity index (χ3v) is 2.63. The van der Waals surface area contributed by atoms with Crippen LogP contribution in [-0.4, -0.2) is 19.7 Å². The third kappa shape index (κ3) is 2.64. The molecule has 0 bridgehead atoms. The molecular weight excluding hydrogens is 236 g/mol. The van der Waals surface area contributed by atoms with E-state index in [-0.39, 0.29) is 0 Å². The zero-order chi connectivity index (χ0) is 12.4. The molecule has 0 spiro atoms. The Bertz CT molecular complexity index is 533. The third-order valence-electron chi connectivity index (χ3n) is 2.44. The van der Waals surface area contributed by atoms with Crippen LogP contribution in [0.1, 0.15) is 30.4 Å². The molecule has 0 amide bonds. The maximum absolute atomic E-state index is 6.00. The number of aromatic nitrogens is 4. The minimum absolute atomic E-state index is 0.464. The molecule has 0 aromatic carbocycles. The smallest absolute Gasteiger partial charge is 0.216 e. The van der Waals surface area contributed by atoms with Crippen molar-refractivity contribution in [3.05, 3.63) is 34.4 Å². The van der Waals surface area contributed by atoms with Gasteiger partial charge in [-0.25, -0.2) is 9.67 Å². The molecule has 0 aliphatic heterocycles. The fourth-order valence-corrected chi connectivity index (χ4v) is 1.96. The van der Waals surface area contributed by atoms with Crippen LogP contribution in [0, 0.1) is 13.8 Å². The minimum atomic E-state index is 0.464. The molecular formula is C12H15ClN4. The minimum Gasteiger partial charge on any atom is -0.216 e. The summed E-state index contributed by atoms with van der Waals surface area (Å²) < 4.78 is 1.72. The molecule has 2 heterocycles. The molecule has 0 fully saturated rings. The molecule has 0 saturated carbocycles. The molecule has 4 nitrogen and oxygen atoms in total. The van der Waals surface area contributed by atoms with Crippen molar-refractivity contribution in [2.75, 3.05) is 0 Å². The van der Waals surface area contributed by atoms with E-state index in [9.17, 15) is 0 Å². The van der Waals surface area contributed by atoms with E-state index < -0.39 is 0 Å². The van der Waals surface area contributed by atoms with E-state index in [0.29, 0.717) is 11.1 Å². The van der Waals surface area contributed by atoms with E-state index in [1.807, 2.05) is 19.9 Å². The van der Waals surface area contributed by atoms with Gasteiger partial charge in [-0.15, -0.1) is 0 Å². The van der Waals surface area contributed by atoms with Gasteiger partial charge in [0.1, 0.15) is 5.15 Å². The Morgan fingerprint density at radius 3 is 2.59 bits per heavy atom. The molecule has 0 aliphatic carbocycles. The Balaban J connectivity index is 2.48. The summed E-state index contributed by atoms with van der Waals surface area (Å²) >= 11 is 6.00. The van der Waals surface area contributed by atoms with Gasteiger partial charge in [-0.3, -0.25) is 0 Å². The zero-order valence-corrected chi connectivity index (χ0v) is 11.0. The first-order valence-corrected chi connectivity index (χ1v) is 6.05. The molecule has 0 N–H and O–H groups in total. The Hall–Kier alpha value is -1.42. The van der Waals surface area contributed by atoms with Crippen molar-refractivity contribution in [1.82, 2.24) is 19.7 Å². The number of hydrogen-bond donors (Lipinski definition) is 0. The van der Waals surface area contributed by atoms with Crippen molar-refractivity contribution in [3.63, 3.8) is 0 Å². The average molecular weight is 251 g/mol. The first-order valence-electron chi connectivity index (χ1n) is 5.67. The van der Waals surface area contributed by atoms with Crippen molar-refractivity contribution in [3.8, 4) is 5.95 Å². The van der Waals surface area contributed by atoms with Gasteiger partial charge in [0.2, 0.25) is 0 Å². The highest BCUT2D eigenvalue weighted by Gasteiger charge is 2.09. The highest BCUT2D eigenvalue weighted by Crippen LogP contribution is 2.13. The molecule has 2 aromatic rings. The van der Waals surface area contributed by atoms with E-state index in [1.165, 1.54) is 0 Å². The van der Waals surface area contributed by atoms with Gasteiger partial charge in [0.25, 0.3) is 5.95 Å². The van der Waals surface area contributed by atoms with Crippen LogP contribution < -0.4 is 0 Å². The fourth-order valence-electron chi connectivity index (χ4n) is 1.76. The predicted molar refractivity (Wildman–Crippen MR) is 67.6 cm³/mol. The highest BCUT2D eigenvalue weighted by atomic mass is 35.5. The maximum atomic E-state index is 6.00. The van der Waals surface area contributed by atoms with Crippen molar-refractivity contribution >= 4 is 11.6 Å². The number of halogens is 1. The van der Waals surface area contributed by atoms with Gasteiger partial charge in [0.05, 0.1) is 5.69 Å². The zero-order valence-electron chi connectivity index (χ0n) is 10.2. The second kappa shape index (κ2) is 4.84. The first kappa shape index (κ1) is 12.0. The summed E-state index contributed by atoms with van der Waals surface area (Å²) in [6.45, 7) is 6.03. The quantitative estimate of drug-likeness (QED) is 0.787. The lowest BCUT2D eigenvalue weighted by Crippen LogP contribution is -2.07. The van der Waals surface area contributed by atoms with Crippen LogP contribution in [0.5, 0.6) is 0 Å². The standard InChI is InChI=1S/C12H15ClN4/c1-4-5-10-7-11(13)15-12(14-10)17-9(3)6-8(2)16-17/h6-7H,4-5H2,1-3H3. The normalized spacial score (nSPS) is 10.8. The van der Waals surface area contributed by atoms with E-state index in [4.69, 9.17) is 11.6 Å². The molecule has 5 heteroatoms. The van der Waals surface area contributed by atoms with Gasteiger partial charge in [-0.05, 0) is 32.4 Å². The Morgan fingerprint density at radius 1 is 1.24 bits per heavy atom. The monoisotopic (exact) mass is 250 g/mol. The predicted octanol–water partition coefficient (Wildman–Crippen LogP) is 2.89. The topological polar surface area (TPSA) is 43.6 Å². The van der Waals surface area contributed by atoms with Crippen molar-refractivity contribution in [2.24, 2.45) is 0 Å². The number of rotatable bonds is 3. The summed E-state index contributed by atoms with van der Waals surface area (Å²) in [5, 5.41) is 4.82. The van der Waals surface area contributed by atoms with E-state index >= 15 is 0 Å². The Kier molecular flexibility index (Phi) is 3.43. The second-order valence-corrected chi connectivity index (χ2v) is 4.46. The van der Waals surface area contributed by atoms with Gasteiger partial charge in [0, 0.05) is 11.4 Å². The summed E-state index contributed by atoms with van der Waals surface area (Å²) in [6.07, 6.45) is 1.93. The van der Waals surface area contributed by atoms with Crippen LogP contribution in [0.3, 0.4) is 0 Å². The molecule has 0 unspecified atom stereocenters. The number of aryl methyl sites for hydroxylation is 3. The molecule has 2 rings (SSSR count). The number of nitrogens with zero attached hydrogens (tertiary/aromatic N) is 4.